The van der Waals surface area contributed by atoms with Crippen molar-refractivity contribution in [3.05, 3.63) is 82.9 Å². The van der Waals surface area contributed by atoms with Crippen LogP contribution in [0.25, 0.3) is 0 Å². The molecule has 3 atom stereocenters. The molecule has 5 nitrogen and oxygen atoms in total. The highest BCUT2D eigenvalue weighted by Gasteiger charge is 2.44. The molecule has 6 heteroatoms. The summed E-state index contributed by atoms with van der Waals surface area (Å²) in [6.45, 7) is 9.36. The molecular formula is C26H35O5P. The van der Waals surface area contributed by atoms with Crippen molar-refractivity contribution in [1.29, 1.82) is 0 Å². The predicted molar refractivity (Wildman–Crippen MR) is 128 cm³/mol. The van der Waals surface area contributed by atoms with Gasteiger partial charge in [-0.3, -0.25) is 4.57 Å². The van der Waals surface area contributed by atoms with Crippen molar-refractivity contribution in [2.45, 2.75) is 71.2 Å². The van der Waals surface area contributed by atoms with Crippen LogP contribution in [0.1, 0.15) is 62.6 Å². The first-order chi connectivity index (χ1) is 15.2. The predicted octanol–water partition coefficient (Wildman–Crippen LogP) is 6.53. The molecule has 174 valence electrons. The standard InChI is InChI=1S/C26H35O5P/c1-18(2)30-32(28,31-19(3)4)25-17-23(21-12-7-6-8-13-21)26(24(29-25)15-16-27)22-14-10-9-11-20(22)5/h6-14,17-19,23-24,26-27H,15-16H2,1-5H3/t23-,24+,26-/m0/s1. The molecule has 3 rings (SSSR count). The number of hydrogen-bond donors (Lipinski definition) is 1. The van der Waals surface area contributed by atoms with Gasteiger partial charge in [-0.1, -0.05) is 54.6 Å². The van der Waals surface area contributed by atoms with Crippen molar-refractivity contribution in [2.75, 3.05) is 6.61 Å². The highest BCUT2D eigenvalue weighted by Crippen LogP contribution is 2.62. The molecule has 1 N–H and O–H groups in total. The zero-order valence-electron chi connectivity index (χ0n) is 19.6. The van der Waals surface area contributed by atoms with Crippen molar-refractivity contribution < 1.29 is 23.5 Å². The molecular weight excluding hydrogens is 423 g/mol. The van der Waals surface area contributed by atoms with Crippen LogP contribution in [0.4, 0.5) is 0 Å². The van der Waals surface area contributed by atoms with E-state index < -0.39 is 7.60 Å². The lowest BCUT2D eigenvalue weighted by Crippen LogP contribution is -2.33. The summed E-state index contributed by atoms with van der Waals surface area (Å²) in [5.74, 6) is -0.168. The van der Waals surface area contributed by atoms with Crippen LogP contribution >= 0.6 is 7.60 Å². The van der Waals surface area contributed by atoms with Gasteiger partial charge in [-0.2, -0.15) is 0 Å². The summed E-state index contributed by atoms with van der Waals surface area (Å²) in [6.07, 6.45) is 1.33. The van der Waals surface area contributed by atoms with Gasteiger partial charge in [0.2, 0.25) is 5.50 Å². The molecule has 0 fully saturated rings. The molecule has 0 saturated heterocycles. The van der Waals surface area contributed by atoms with Crippen molar-refractivity contribution >= 4 is 7.60 Å². The van der Waals surface area contributed by atoms with E-state index in [1.54, 1.807) is 0 Å². The normalized spacial score (nSPS) is 21.5. The fraction of sp³-hybridized carbons (Fsp3) is 0.462. The van der Waals surface area contributed by atoms with Gasteiger partial charge in [0.1, 0.15) is 6.10 Å². The third-order valence-corrected chi connectivity index (χ3v) is 7.69. The number of benzene rings is 2. The molecule has 0 aliphatic carbocycles. The zero-order valence-corrected chi connectivity index (χ0v) is 20.5. The molecule has 0 saturated carbocycles. The van der Waals surface area contributed by atoms with E-state index in [1.165, 1.54) is 0 Å². The van der Waals surface area contributed by atoms with Gasteiger partial charge < -0.3 is 18.9 Å². The van der Waals surface area contributed by atoms with Crippen LogP contribution in [0.5, 0.6) is 0 Å². The third kappa shape index (κ3) is 5.71. The third-order valence-electron chi connectivity index (χ3n) is 5.50. The first kappa shape index (κ1) is 24.7. The molecule has 32 heavy (non-hydrogen) atoms. The first-order valence-electron chi connectivity index (χ1n) is 11.3. The van der Waals surface area contributed by atoms with Crippen LogP contribution in [-0.2, 0) is 18.3 Å². The average molecular weight is 459 g/mol. The summed E-state index contributed by atoms with van der Waals surface area (Å²) in [4.78, 5) is 0. The summed E-state index contributed by atoms with van der Waals surface area (Å²) in [5.41, 5.74) is 3.63. The van der Waals surface area contributed by atoms with E-state index in [-0.39, 0.29) is 42.3 Å². The maximum atomic E-state index is 13.9. The van der Waals surface area contributed by atoms with E-state index in [0.717, 1.165) is 16.7 Å². The monoisotopic (exact) mass is 458 g/mol. The Kier molecular flexibility index (Phi) is 8.35. The van der Waals surface area contributed by atoms with E-state index in [9.17, 15) is 9.67 Å². The van der Waals surface area contributed by atoms with Gasteiger partial charge in [0.25, 0.3) is 0 Å². The molecule has 1 aliphatic rings. The number of hydrogen-bond acceptors (Lipinski definition) is 5. The lowest BCUT2D eigenvalue weighted by atomic mass is 9.75. The minimum atomic E-state index is -3.70. The molecule has 0 amide bonds. The lowest BCUT2D eigenvalue weighted by Gasteiger charge is -2.40. The maximum absolute atomic E-state index is 13.9. The van der Waals surface area contributed by atoms with E-state index in [1.807, 2.05) is 64.1 Å². The Morgan fingerprint density at radius 1 is 0.969 bits per heavy atom. The summed E-state index contributed by atoms with van der Waals surface area (Å²) in [7, 11) is -3.70. The number of aryl methyl sites for hydroxylation is 1. The summed E-state index contributed by atoms with van der Waals surface area (Å²) < 4.78 is 32.0. The van der Waals surface area contributed by atoms with Crippen LogP contribution in [0.3, 0.4) is 0 Å². The molecule has 0 spiro atoms. The van der Waals surface area contributed by atoms with Gasteiger partial charge in [0.05, 0.1) is 12.2 Å². The molecule has 0 aromatic heterocycles. The fourth-order valence-electron chi connectivity index (χ4n) is 4.29. The second-order valence-electron chi connectivity index (χ2n) is 8.80. The van der Waals surface area contributed by atoms with Crippen LogP contribution in [0, 0.1) is 6.92 Å². The minimum Gasteiger partial charge on any atom is -0.482 e. The fourth-order valence-corrected chi connectivity index (χ4v) is 6.27. The Morgan fingerprint density at radius 2 is 1.56 bits per heavy atom. The average Bonchev–Trinajstić information content (AvgIpc) is 2.73. The molecule has 0 unspecified atom stereocenters. The number of aliphatic hydroxyl groups excluding tert-OH is 1. The molecule has 2 aromatic carbocycles. The highest BCUT2D eigenvalue weighted by atomic mass is 31.2. The Hall–Kier alpha value is -1.91. The van der Waals surface area contributed by atoms with E-state index in [4.69, 9.17) is 13.8 Å². The van der Waals surface area contributed by atoms with E-state index in [2.05, 4.69) is 31.2 Å². The van der Waals surface area contributed by atoms with Crippen molar-refractivity contribution in [3.8, 4) is 0 Å². The number of allylic oxidation sites excluding steroid dienone is 1. The topological polar surface area (TPSA) is 65.0 Å². The Bertz CT molecular complexity index is 940. The lowest BCUT2D eigenvalue weighted by molar-refractivity contribution is 0.0457. The second-order valence-corrected chi connectivity index (χ2v) is 10.7. The molecule has 2 aromatic rings. The van der Waals surface area contributed by atoms with Crippen LogP contribution in [0.2, 0.25) is 0 Å². The van der Waals surface area contributed by atoms with Crippen LogP contribution in [-0.4, -0.2) is 30.0 Å². The van der Waals surface area contributed by atoms with Crippen LogP contribution in [0.15, 0.2) is 66.2 Å². The summed E-state index contributed by atoms with van der Waals surface area (Å²) >= 11 is 0. The summed E-state index contributed by atoms with van der Waals surface area (Å²) in [5, 5.41) is 9.86. The molecule has 0 radical (unpaired) electrons. The quantitative estimate of drug-likeness (QED) is 0.433. The van der Waals surface area contributed by atoms with Gasteiger partial charge >= 0.3 is 7.60 Å². The Labute approximate surface area is 192 Å². The molecule has 1 heterocycles. The minimum absolute atomic E-state index is 0.0395. The highest BCUT2D eigenvalue weighted by molar-refractivity contribution is 7.58. The smallest absolute Gasteiger partial charge is 0.395 e. The maximum Gasteiger partial charge on any atom is 0.395 e. The number of ether oxygens (including phenoxy) is 1. The molecule has 1 aliphatic heterocycles. The Morgan fingerprint density at radius 3 is 2.12 bits per heavy atom. The van der Waals surface area contributed by atoms with E-state index >= 15 is 0 Å². The SMILES string of the molecule is Cc1ccccc1[C@@H]1[C@@H](CCO)OC(P(=O)(OC(C)C)OC(C)C)=C[C@H]1c1ccccc1. The second kappa shape index (κ2) is 10.8. The van der Waals surface area contributed by atoms with Crippen LogP contribution < -0.4 is 0 Å². The zero-order chi connectivity index (χ0) is 23.3. The number of rotatable bonds is 9. The largest absolute Gasteiger partial charge is 0.482 e. The molecule has 0 bridgehead atoms. The summed E-state index contributed by atoms with van der Waals surface area (Å²) in [6, 6.07) is 18.4. The van der Waals surface area contributed by atoms with E-state index in [0.29, 0.717) is 6.42 Å². The van der Waals surface area contributed by atoms with Crippen molar-refractivity contribution in [3.63, 3.8) is 0 Å². The van der Waals surface area contributed by atoms with Gasteiger partial charge in [-0.15, -0.1) is 0 Å². The van der Waals surface area contributed by atoms with Gasteiger partial charge in [0, 0.05) is 24.9 Å². The van der Waals surface area contributed by atoms with Crippen molar-refractivity contribution in [2.24, 2.45) is 0 Å². The van der Waals surface area contributed by atoms with Gasteiger partial charge in [0.15, 0.2) is 0 Å². The van der Waals surface area contributed by atoms with Gasteiger partial charge in [-0.05, 0) is 57.4 Å². The van der Waals surface area contributed by atoms with Gasteiger partial charge in [-0.25, -0.2) is 0 Å². The number of aliphatic hydroxyl groups is 1. The Balaban J connectivity index is 2.18. The van der Waals surface area contributed by atoms with Crippen molar-refractivity contribution in [1.82, 2.24) is 0 Å². The first-order valence-corrected chi connectivity index (χ1v) is 12.9.